The number of alkyl halides is 1. The minimum Gasteiger partial charge on any atom is -0.310 e. The summed E-state index contributed by atoms with van der Waals surface area (Å²) in [6.07, 6.45) is 2.83. The van der Waals surface area contributed by atoms with Crippen LogP contribution in [0.25, 0.3) is 0 Å². The Labute approximate surface area is 82.0 Å². The van der Waals surface area contributed by atoms with Gasteiger partial charge in [0.05, 0.1) is 0 Å². The second kappa shape index (κ2) is 5.51. The molecule has 0 fully saturated rings. The molecule has 4 heteroatoms. The van der Waals surface area contributed by atoms with Crippen LogP contribution in [-0.2, 0) is 6.54 Å². The Morgan fingerprint density at radius 2 is 2.58 bits per heavy atom. The van der Waals surface area contributed by atoms with E-state index in [4.69, 9.17) is 11.6 Å². The summed E-state index contributed by atoms with van der Waals surface area (Å²) in [5.74, 6) is 0. The fourth-order valence-corrected chi connectivity index (χ4v) is 1.53. The van der Waals surface area contributed by atoms with E-state index in [2.05, 4.69) is 10.3 Å². The third-order valence-electron chi connectivity index (χ3n) is 1.48. The van der Waals surface area contributed by atoms with E-state index in [0.717, 1.165) is 24.5 Å². The summed E-state index contributed by atoms with van der Waals surface area (Å²) in [5.41, 5.74) is 0. The van der Waals surface area contributed by atoms with Crippen LogP contribution in [0, 0.1) is 0 Å². The second-order valence-electron chi connectivity index (χ2n) is 2.67. The van der Waals surface area contributed by atoms with Crippen LogP contribution in [0.3, 0.4) is 0 Å². The van der Waals surface area contributed by atoms with Crippen LogP contribution >= 0.6 is 22.9 Å². The van der Waals surface area contributed by atoms with Gasteiger partial charge in [-0.25, -0.2) is 4.98 Å². The lowest BCUT2D eigenvalue weighted by Crippen LogP contribution is -2.16. The van der Waals surface area contributed by atoms with Crippen molar-refractivity contribution in [3.05, 3.63) is 16.6 Å². The highest BCUT2D eigenvalue weighted by molar-refractivity contribution is 7.09. The molecule has 1 atom stereocenters. The maximum atomic E-state index is 5.79. The largest absolute Gasteiger partial charge is 0.310 e. The van der Waals surface area contributed by atoms with Gasteiger partial charge < -0.3 is 5.32 Å². The van der Waals surface area contributed by atoms with E-state index in [1.54, 1.807) is 11.3 Å². The van der Waals surface area contributed by atoms with E-state index < -0.39 is 0 Å². The second-order valence-corrected chi connectivity index (χ2v) is 4.40. The molecule has 1 unspecified atom stereocenters. The van der Waals surface area contributed by atoms with Crippen molar-refractivity contribution >= 4 is 22.9 Å². The fraction of sp³-hybridized carbons (Fsp3) is 0.625. The lowest BCUT2D eigenvalue weighted by Gasteiger charge is -2.03. The van der Waals surface area contributed by atoms with E-state index in [0.29, 0.717) is 0 Å². The fourth-order valence-electron chi connectivity index (χ4n) is 0.837. The van der Waals surface area contributed by atoms with Gasteiger partial charge in [0.2, 0.25) is 0 Å². The summed E-state index contributed by atoms with van der Waals surface area (Å²) in [6, 6.07) is 0. The number of rotatable bonds is 5. The Kier molecular flexibility index (Phi) is 4.58. The van der Waals surface area contributed by atoms with Gasteiger partial charge in [-0.05, 0) is 19.9 Å². The molecule has 0 aliphatic rings. The molecule has 0 spiro atoms. The summed E-state index contributed by atoms with van der Waals surface area (Å²) in [6.45, 7) is 3.83. The predicted molar refractivity (Wildman–Crippen MR) is 53.8 cm³/mol. The summed E-state index contributed by atoms with van der Waals surface area (Å²) in [4.78, 5) is 4.16. The first-order valence-corrected chi connectivity index (χ1v) is 5.34. The van der Waals surface area contributed by atoms with Crippen molar-refractivity contribution in [2.24, 2.45) is 0 Å². The lowest BCUT2D eigenvalue weighted by molar-refractivity contribution is 0.643. The predicted octanol–water partition coefficient (Wildman–Crippen LogP) is 2.25. The lowest BCUT2D eigenvalue weighted by atomic mass is 10.3. The van der Waals surface area contributed by atoms with Gasteiger partial charge >= 0.3 is 0 Å². The number of hydrogen-bond donors (Lipinski definition) is 1. The Bertz CT molecular complexity index is 199. The molecule has 0 aliphatic heterocycles. The topological polar surface area (TPSA) is 24.9 Å². The summed E-state index contributed by atoms with van der Waals surface area (Å²) >= 11 is 7.46. The summed E-state index contributed by atoms with van der Waals surface area (Å²) < 4.78 is 0. The number of halogens is 1. The molecule has 0 bridgehead atoms. The maximum absolute atomic E-state index is 5.79. The van der Waals surface area contributed by atoms with Gasteiger partial charge in [0.1, 0.15) is 5.01 Å². The highest BCUT2D eigenvalue weighted by Gasteiger charge is 1.96. The number of thiazole rings is 1. The minimum atomic E-state index is 0.258. The molecule has 68 valence electrons. The zero-order valence-corrected chi connectivity index (χ0v) is 8.66. The number of aromatic nitrogens is 1. The maximum Gasteiger partial charge on any atom is 0.106 e. The van der Waals surface area contributed by atoms with E-state index in [9.17, 15) is 0 Å². The van der Waals surface area contributed by atoms with Gasteiger partial charge in [0.25, 0.3) is 0 Å². The number of hydrogen-bond acceptors (Lipinski definition) is 3. The van der Waals surface area contributed by atoms with Crippen molar-refractivity contribution < 1.29 is 0 Å². The van der Waals surface area contributed by atoms with Gasteiger partial charge in [-0.2, -0.15) is 0 Å². The van der Waals surface area contributed by atoms with Crippen LogP contribution in [0.15, 0.2) is 11.6 Å². The molecule has 1 aromatic rings. The standard InChI is InChI=1S/C8H13ClN2S/c1-7(9)2-3-10-6-8-11-4-5-12-8/h4-5,7,10H,2-3,6H2,1H3. The number of nitrogens with zero attached hydrogens (tertiary/aromatic N) is 1. The van der Waals surface area contributed by atoms with Crippen LogP contribution in [0.5, 0.6) is 0 Å². The molecular weight excluding hydrogens is 192 g/mol. The minimum absolute atomic E-state index is 0.258. The molecule has 0 amide bonds. The molecular formula is C8H13ClN2S. The van der Waals surface area contributed by atoms with Crippen LogP contribution in [0.4, 0.5) is 0 Å². The van der Waals surface area contributed by atoms with Crippen molar-refractivity contribution in [2.45, 2.75) is 25.3 Å². The molecule has 1 heterocycles. The average molecular weight is 205 g/mol. The van der Waals surface area contributed by atoms with Crippen molar-refractivity contribution in [2.75, 3.05) is 6.54 Å². The SMILES string of the molecule is CC(Cl)CCNCc1nccs1. The molecule has 0 saturated heterocycles. The Hall–Kier alpha value is -0.120. The molecule has 1 aromatic heterocycles. The number of nitrogens with one attached hydrogen (secondary N) is 1. The first-order valence-electron chi connectivity index (χ1n) is 4.02. The molecule has 1 rings (SSSR count). The first-order chi connectivity index (χ1) is 5.79. The van der Waals surface area contributed by atoms with Crippen molar-refractivity contribution in [3.8, 4) is 0 Å². The van der Waals surface area contributed by atoms with E-state index in [-0.39, 0.29) is 5.38 Å². The third-order valence-corrected chi connectivity index (χ3v) is 2.48. The summed E-state index contributed by atoms with van der Waals surface area (Å²) in [7, 11) is 0. The quantitative estimate of drug-likeness (QED) is 0.588. The van der Waals surface area contributed by atoms with Crippen LogP contribution in [-0.4, -0.2) is 16.9 Å². The van der Waals surface area contributed by atoms with Gasteiger partial charge in [-0.15, -0.1) is 22.9 Å². The van der Waals surface area contributed by atoms with Crippen molar-refractivity contribution in [1.82, 2.24) is 10.3 Å². The third kappa shape index (κ3) is 4.04. The zero-order chi connectivity index (χ0) is 8.81. The molecule has 1 N–H and O–H groups in total. The highest BCUT2D eigenvalue weighted by atomic mass is 35.5. The normalized spacial score (nSPS) is 13.2. The monoisotopic (exact) mass is 204 g/mol. The Morgan fingerprint density at radius 3 is 3.17 bits per heavy atom. The zero-order valence-electron chi connectivity index (χ0n) is 7.09. The summed E-state index contributed by atoms with van der Waals surface area (Å²) in [5, 5.41) is 6.66. The van der Waals surface area contributed by atoms with Crippen molar-refractivity contribution in [3.63, 3.8) is 0 Å². The van der Waals surface area contributed by atoms with Crippen LogP contribution in [0.2, 0.25) is 0 Å². The molecule has 0 saturated carbocycles. The molecule has 0 aliphatic carbocycles. The van der Waals surface area contributed by atoms with E-state index >= 15 is 0 Å². The molecule has 0 radical (unpaired) electrons. The van der Waals surface area contributed by atoms with Gasteiger partial charge in [-0.1, -0.05) is 0 Å². The molecule has 0 aromatic carbocycles. The average Bonchev–Trinajstić information content (AvgIpc) is 2.49. The Morgan fingerprint density at radius 1 is 1.75 bits per heavy atom. The van der Waals surface area contributed by atoms with Crippen LogP contribution < -0.4 is 5.32 Å². The van der Waals surface area contributed by atoms with Gasteiger partial charge in [-0.3, -0.25) is 0 Å². The van der Waals surface area contributed by atoms with E-state index in [1.807, 2.05) is 18.5 Å². The Balaban J connectivity index is 2.04. The van der Waals surface area contributed by atoms with Crippen LogP contribution in [0.1, 0.15) is 18.4 Å². The van der Waals surface area contributed by atoms with Gasteiger partial charge in [0, 0.05) is 23.5 Å². The molecule has 12 heavy (non-hydrogen) atoms. The van der Waals surface area contributed by atoms with Crippen molar-refractivity contribution in [1.29, 1.82) is 0 Å². The first kappa shape index (κ1) is 9.96. The smallest absolute Gasteiger partial charge is 0.106 e. The highest BCUT2D eigenvalue weighted by Crippen LogP contribution is 2.03. The van der Waals surface area contributed by atoms with Gasteiger partial charge in [0.15, 0.2) is 0 Å². The molecule has 2 nitrogen and oxygen atoms in total. The van der Waals surface area contributed by atoms with E-state index in [1.165, 1.54) is 0 Å².